The summed E-state index contributed by atoms with van der Waals surface area (Å²) in [6.45, 7) is 13.9. The Morgan fingerprint density at radius 3 is 0.818 bits per heavy atom. The van der Waals surface area contributed by atoms with Crippen molar-refractivity contribution in [2.45, 2.75) is 41.5 Å². The maximum atomic E-state index is 2.51. The highest BCUT2D eigenvalue weighted by Crippen LogP contribution is 2.45. The quantitative estimate of drug-likeness (QED) is 0.160. The average Bonchev–Trinajstić information content (AvgIpc) is 3.06. The van der Waals surface area contributed by atoms with Crippen LogP contribution in [-0.4, -0.2) is 0 Å². The highest BCUT2D eigenvalue weighted by molar-refractivity contribution is 7.80. The Morgan fingerprint density at radius 1 is 0.318 bits per heavy atom. The van der Waals surface area contributed by atoms with Crippen molar-refractivity contribution in [3.05, 3.63) is 167 Å². The molecule has 0 saturated carbocycles. The second kappa shape index (κ2) is 13.0. The van der Waals surface area contributed by atoms with Crippen molar-refractivity contribution >= 4 is 47.7 Å². The number of hydrogen-bond acceptors (Lipinski definition) is 0. The number of aryl methyl sites for hydroxylation is 2. The summed E-state index contributed by atoms with van der Waals surface area (Å²) in [5, 5.41) is 8.43. The van der Waals surface area contributed by atoms with Crippen molar-refractivity contribution in [1.29, 1.82) is 0 Å². The first kappa shape index (κ1) is 30.2. The summed E-state index contributed by atoms with van der Waals surface area (Å²) in [5.41, 5.74) is 11.1. The summed E-state index contributed by atoms with van der Waals surface area (Å²) < 4.78 is 0. The highest BCUT2D eigenvalue weighted by atomic mass is 31.1. The van der Waals surface area contributed by atoms with E-state index in [-0.39, 0.29) is 0 Å². The van der Waals surface area contributed by atoms with Crippen LogP contribution in [0.4, 0.5) is 0 Å². The molecule has 0 spiro atoms. The third-order valence-electron chi connectivity index (χ3n) is 9.07. The number of benzene rings is 6. The molecule has 0 saturated heterocycles. The molecule has 0 amide bonds. The molecule has 0 N–H and O–H groups in total. The van der Waals surface area contributed by atoms with E-state index in [4.69, 9.17) is 0 Å². The van der Waals surface area contributed by atoms with Crippen molar-refractivity contribution < 1.29 is 0 Å². The average molecular weight is 607 g/mol. The first-order valence-electron chi connectivity index (χ1n) is 15.4. The molecule has 218 valence electrons. The van der Waals surface area contributed by atoms with Crippen LogP contribution in [-0.2, 0) is 0 Å². The summed E-state index contributed by atoms with van der Waals surface area (Å²) in [7, 11) is -1.60. The third-order valence-corrected chi connectivity index (χ3v) is 14.0. The van der Waals surface area contributed by atoms with E-state index in [1.807, 2.05) is 0 Å². The minimum absolute atomic E-state index is 0.798. The van der Waals surface area contributed by atoms with Crippen LogP contribution in [0.5, 0.6) is 0 Å². The van der Waals surface area contributed by atoms with Gasteiger partial charge in [0.25, 0.3) is 0 Å². The fourth-order valence-electron chi connectivity index (χ4n) is 6.27. The van der Waals surface area contributed by atoms with Crippen LogP contribution >= 0.6 is 15.8 Å². The molecule has 0 aromatic heterocycles. The zero-order valence-corrected chi connectivity index (χ0v) is 28.4. The van der Waals surface area contributed by atoms with Crippen LogP contribution in [0.25, 0.3) is 11.1 Å². The van der Waals surface area contributed by atoms with Crippen molar-refractivity contribution in [2.75, 3.05) is 0 Å². The monoisotopic (exact) mass is 606 g/mol. The smallest absolute Gasteiger partial charge is 0.00588 e. The van der Waals surface area contributed by atoms with Gasteiger partial charge in [-0.05, 0) is 134 Å². The van der Waals surface area contributed by atoms with Crippen molar-refractivity contribution in [3.8, 4) is 11.1 Å². The largest absolute Gasteiger partial charge is 0.0622 e. The summed E-state index contributed by atoms with van der Waals surface area (Å²) >= 11 is 0. The van der Waals surface area contributed by atoms with E-state index in [0.717, 1.165) is 0 Å². The molecule has 0 aliphatic heterocycles. The van der Waals surface area contributed by atoms with E-state index >= 15 is 0 Å². The predicted octanol–water partition coefficient (Wildman–Crippen LogP) is 8.72. The van der Waals surface area contributed by atoms with Gasteiger partial charge in [-0.15, -0.1) is 0 Å². The Bertz CT molecular complexity index is 1670. The van der Waals surface area contributed by atoms with Gasteiger partial charge in [-0.1, -0.05) is 133 Å². The van der Waals surface area contributed by atoms with Gasteiger partial charge < -0.3 is 0 Å². The predicted molar refractivity (Wildman–Crippen MR) is 198 cm³/mol. The minimum atomic E-state index is -0.798. The van der Waals surface area contributed by atoms with Crippen molar-refractivity contribution in [1.82, 2.24) is 0 Å². The van der Waals surface area contributed by atoms with Gasteiger partial charge in [0.05, 0.1) is 0 Å². The van der Waals surface area contributed by atoms with E-state index < -0.39 is 15.8 Å². The lowest BCUT2D eigenvalue weighted by molar-refractivity contribution is 1.25. The van der Waals surface area contributed by atoms with Crippen LogP contribution < -0.4 is 31.8 Å². The molecule has 0 aliphatic rings. The molecule has 0 radical (unpaired) electrons. The normalized spacial score (nSPS) is 11.4. The standard InChI is InChI=1S/C42H40P2/c1-29-27-39(43(35-19-11-7-12-20-35)36-21-13-8-14-22-36)41(33(5)31(29)3)42-34(6)32(4)30(2)28-40(42)44(37-23-15-9-16-24-37)38-25-17-10-18-26-38/h7-28H,1-6H3. The fourth-order valence-corrected chi connectivity index (χ4v) is 11.5. The van der Waals surface area contributed by atoms with Crippen LogP contribution in [0.3, 0.4) is 0 Å². The van der Waals surface area contributed by atoms with E-state index in [1.165, 1.54) is 76.3 Å². The summed E-state index contributed by atoms with van der Waals surface area (Å²) in [6.07, 6.45) is 0. The molecule has 0 bridgehead atoms. The molecule has 0 fully saturated rings. The Labute approximate surface area is 266 Å². The third kappa shape index (κ3) is 5.71. The van der Waals surface area contributed by atoms with Gasteiger partial charge in [0.15, 0.2) is 0 Å². The van der Waals surface area contributed by atoms with Crippen LogP contribution in [0, 0.1) is 41.5 Å². The molecule has 0 atom stereocenters. The van der Waals surface area contributed by atoms with Gasteiger partial charge >= 0.3 is 0 Å². The van der Waals surface area contributed by atoms with Gasteiger partial charge in [0, 0.05) is 0 Å². The summed E-state index contributed by atoms with van der Waals surface area (Å²) in [4.78, 5) is 0. The molecular formula is C42H40P2. The fraction of sp³-hybridized carbons (Fsp3) is 0.143. The number of rotatable bonds is 7. The molecule has 44 heavy (non-hydrogen) atoms. The maximum absolute atomic E-state index is 2.51. The van der Waals surface area contributed by atoms with Gasteiger partial charge in [0.1, 0.15) is 0 Å². The van der Waals surface area contributed by atoms with E-state index in [9.17, 15) is 0 Å². The molecule has 6 aromatic rings. The zero-order chi connectivity index (χ0) is 30.8. The first-order chi connectivity index (χ1) is 21.4. The summed E-state index contributed by atoms with van der Waals surface area (Å²) in [5.74, 6) is 0. The van der Waals surface area contributed by atoms with Crippen molar-refractivity contribution in [3.63, 3.8) is 0 Å². The lowest BCUT2D eigenvalue weighted by Gasteiger charge is -2.31. The molecule has 0 nitrogen and oxygen atoms in total. The Kier molecular flexibility index (Phi) is 8.96. The van der Waals surface area contributed by atoms with Crippen LogP contribution in [0.1, 0.15) is 33.4 Å². The van der Waals surface area contributed by atoms with Gasteiger partial charge in [-0.3, -0.25) is 0 Å². The zero-order valence-electron chi connectivity index (χ0n) is 26.6. The molecule has 6 rings (SSSR count). The Hall–Kier alpha value is -3.82. The maximum Gasteiger partial charge on any atom is -0.00588 e. The van der Waals surface area contributed by atoms with Gasteiger partial charge in [-0.2, -0.15) is 0 Å². The van der Waals surface area contributed by atoms with Crippen LogP contribution in [0.15, 0.2) is 133 Å². The van der Waals surface area contributed by atoms with Crippen LogP contribution in [0.2, 0.25) is 0 Å². The highest BCUT2D eigenvalue weighted by Gasteiger charge is 2.29. The summed E-state index contributed by atoms with van der Waals surface area (Å²) in [6, 6.07) is 49.7. The lowest BCUT2D eigenvalue weighted by Crippen LogP contribution is -2.28. The lowest BCUT2D eigenvalue weighted by atomic mass is 9.88. The molecule has 2 heteroatoms. The second-order valence-electron chi connectivity index (χ2n) is 11.7. The first-order valence-corrected chi connectivity index (χ1v) is 18.1. The van der Waals surface area contributed by atoms with E-state index in [0.29, 0.717) is 0 Å². The minimum Gasteiger partial charge on any atom is -0.0622 e. The Morgan fingerprint density at radius 2 is 0.568 bits per heavy atom. The molecular weight excluding hydrogens is 566 g/mol. The second-order valence-corrected chi connectivity index (χ2v) is 16.1. The molecule has 6 aromatic carbocycles. The van der Waals surface area contributed by atoms with Crippen molar-refractivity contribution in [2.24, 2.45) is 0 Å². The van der Waals surface area contributed by atoms with E-state index in [1.54, 1.807) is 0 Å². The molecule has 0 aliphatic carbocycles. The molecule has 0 heterocycles. The van der Waals surface area contributed by atoms with E-state index in [2.05, 4.69) is 175 Å². The van der Waals surface area contributed by atoms with Gasteiger partial charge in [-0.25, -0.2) is 0 Å². The topological polar surface area (TPSA) is 0 Å². The SMILES string of the molecule is Cc1cc(P(c2ccccc2)c2ccccc2)c(-c2c(P(c3ccccc3)c3ccccc3)cc(C)c(C)c2C)c(C)c1C. The molecule has 0 unspecified atom stereocenters. The van der Waals surface area contributed by atoms with Gasteiger partial charge in [0.2, 0.25) is 0 Å². The number of hydrogen-bond donors (Lipinski definition) is 0. The Balaban J connectivity index is 1.75.